The molecular weight excluding hydrogens is 344 g/mol. The highest BCUT2D eigenvalue weighted by Gasteiger charge is 2.25. The number of hydrogen-bond acceptors (Lipinski definition) is 6. The highest BCUT2D eigenvalue weighted by atomic mass is 16.5. The number of carbonyl (C=O) groups excluding carboxylic acids is 1. The van der Waals surface area contributed by atoms with Gasteiger partial charge in [0.15, 0.2) is 5.76 Å². The number of nitriles is 1. The van der Waals surface area contributed by atoms with Crippen molar-refractivity contribution in [1.82, 2.24) is 14.9 Å². The van der Waals surface area contributed by atoms with E-state index in [2.05, 4.69) is 16.3 Å². The maximum Gasteiger partial charge on any atom is 0.344 e. The van der Waals surface area contributed by atoms with Gasteiger partial charge in [-0.15, -0.1) is 0 Å². The zero-order valence-electron chi connectivity index (χ0n) is 15.7. The van der Waals surface area contributed by atoms with Crippen molar-refractivity contribution in [3.8, 4) is 11.8 Å². The van der Waals surface area contributed by atoms with Crippen molar-refractivity contribution >= 4 is 5.97 Å². The first-order valence-corrected chi connectivity index (χ1v) is 8.61. The molecular formula is C20H20N4O3. The van der Waals surface area contributed by atoms with Crippen molar-refractivity contribution in [2.24, 2.45) is 0 Å². The summed E-state index contributed by atoms with van der Waals surface area (Å²) < 4.78 is 12.4. The fraction of sp³-hybridized carbons (Fsp3) is 0.300. The molecule has 0 aliphatic heterocycles. The molecule has 0 fully saturated rings. The number of esters is 1. The Morgan fingerprint density at radius 1 is 1.26 bits per heavy atom. The first-order valence-electron chi connectivity index (χ1n) is 8.61. The molecule has 0 aliphatic carbocycles. The summed E-state index contributed by atoms with van der Waals surface area (Å²) in [6.07, 6.45) is 0. The molecule has 0 saturated carbocycles. The molecule has 0 radical (unpaired) electrons. The minimum Gasteiger partial charge on any atom is -0.455 e. The van der Waals surface area contributed by atoms with Crippen LogP contribution in [0.3, 0.4) is 0 Å². The first-order chi connectivity index (χ1) is 12.9. The second kappa shape index (κ2) is 7.46. The minimum atomic E-state index is -0.528. The highest BCUT2D eigenvalue weighted by molar-refractivity contribution is 5.91. The average molecular weight is 364 g/mol. The van der Waals surface area contributed by atoms with Crippen molar-refractivity contribution in [3.05, 3.63) is 64.3 Å². The first kappa shape index (κ1) is 18.4. The van der Waals surface area contributed by atoms with E-state index in [1.165, 1.54) is 0 Å². The molecule has 7 heteroatoms. The second-order valence-corrected chi connectivity index (χ2v) is 6.50. The van der Waals surface area contributed by atoms with Gasteiger partial charge in [0.25, 0.3) is 0 Å². The third-order valence-electron chi connectivity index (χ3n) is 4.23. The van der Waals surface area contributed by atoms with Crippen LogP contribution in [0.2, 0.25) is 0 Å². The highest BCUT2D eigenvalue weighted by Crippen LogP contribution is 2.24. The van der Waals surface area contributed by atoms with E-state index < -0.39 is 5.97 Å². The average Bonchev–Trinajstić information content (AvgIpc) is 3.20. The third kappa shape index (κ3) is 3.47. The van der Waals surface area contributed by atoms with Crippen LogP contribution in [0.1, 0.15) is 58.5 Å². The fourth-order valence-electron chi connectivity index (χ4n) is 2.87. The zero-order chi connectivity index (χ0) is 19.6. The molecule has 3 aromatic rings. The molecule has 0 atom stereocenters. The van der Waals surface area contributed by atoms with Crippen LogP contribution in [-0.4, -0.2) is 20.9 Å². The summed E-state index contributed by atoms with van der Waals surface area (Å²) in [5, 5.41) is 17.8. The second-order valence-electron chi connectivity index (χ2n) is 6.50. The Labute approximate surface area is 157 Å². The van der Waals surface area contributed by atoms with Gasteiger partial charge in [0.1, 0.15) is 23.8 Å². The lowest BCUT2D eigenvalue weighted by atomic mass is 10.1. The summed E-state index contributed by atoms with van der Waals surface area (Å²) in [7, 11) is 0. The van der Waals surface area contributed by atoms with Gasteiger partial charge in [0.2, 0.25) is 0 Å². The van der Waals surface area contributed by atoms with Gasteiger partial charge in [0.05, 0.1) is 22.8 Å². The SMILES string of the molecule is Cc1nn(-c2ccccc2)c(COC(=O)c2c(C)noc2C(C)C)c1C#N. The minimum absolute atomic E-state index is 0.000473. The molecule has 3 rings (SSSR count). The Balaban J connectivity index is 1.92. The number of rotatable bonds is 5. The predicted octanol–water partition coefficient (Wildman–Crippen LogP) is 3.83. The number of benzene rings is 1. The lowest BCUT2D eigenvalue weighted by molar-refractivity contribution is 0.0461. The molecule has 0 aliphatic rings. The number of ether oxygens (including phenoxy) is 1. The molecule has 1 aromatic carbocycles. The van der Waals surface area contributed by atoms with Crippen molar-refractivity contribution in [3.63, 3.8) is 0 Å². The van der Waals surface area contributed by atoms with Gasteiger partial charge >= 0.3 is 5.97 Å². The lowest BCUT2D eigenvalue weighted by Gasteiger charge is -2.09. The van der Waals surface area contributed by atoms with E-state index in [-0.39, 0.29) is 12.5 Å². The number of nitrogens with zero attached hydrogens (tertiary/aromatic N) is 4. The van der Waals surface area contributed by atoms with Crippen molar-refractivity contribution in [1.29, 1.82) is 5.26 Å². The van der Waals surface area contributed by atoms with Crippen LogP contribution >= 0.6 is 0 Å². The van der Waals surface area contributed by atoms with Gasteiger partial charge in [-0.3, -0.25) is 0 Å². The van der Waals surface area contributed by atoms with E-state index in [9.17, 15) is 10.1 Å². The van der Waals surface area contributed by atoms with Gasteiger partial charge in [-0.1, -0.05) is 37.2 Å². The molecule has 0 amide bonds. The molecule has 0 N–H and O–H groups in total. The molecule has 27 heavy (non-hydrogen) atoms. The maximum absolute atomic E-state index is 12.6. The van der Waals surface area contributed by atoms with Crippen molar-refractivity contribution in [2.75, 3.05) is 0 Å². The van der Waals surface area contributed by atoms with Gasteiger partial charge in [-0.2, -0.15) is 10.4 Å². The third-order valence-corrected chi connectivity index (χ3v) is 4.23. The number of aromatic nitrogens is 3. The van der Waals surface area contributed by atoms with E-state index in [1.807, 2.05) is 44.2 Å². The lowest BCUT2D eigenvalue weighted by Crippen LogP contribution is -2.12. The van der Waals surface area contributed by atoms with E-state index in [0.717, 1.165) is 5.69 Å². The Kier molecular flexibility index (Phi) is 5.08. The molecule has 2 aromatic heterocycles. The monoisotopic (exact) mass is 364 g/mol. The summed E-state index contributed by atoms with van der Waals surface area (Å²) in [6.45, 7) is 7.20. The van der Waals surface area contributed by atoms with Crippen molar-refractivity contribution in [2.45, 2.75) is 40.2 Å². The quantitative estimate of drug-likeness (QED) is 0.639. The van der Waals surface area contributed by atoms with E-state index in [4.69, 9.17) is 9.26 Å². The van der Waals surface area contributed by atoms with Gasteiger partial charge < -0.3 is 9.26 Å². The molecule has 0 spiro atoms. The summed E-state index contributed by atoms with van der Waals surface area (Å²) in [5.41, 5.74) is 3.11. The number of para-hydroxylation sites is 1. The fourth-order valence-corrected chi connectivity index (χ4v) is 2.87. The van der Waals surface area contributed by atoms with Crippen LogP contribution < -0.4 is 0 Å². The molecule has 7 nitrogen and oxygen atoms in total. The number of carbonyl (C=O) groups is 1. The van der Waals surface area contributed by atoms with Crippen LogP contribution in [0.15, 0.2) is 34.9 Å². The summed E-state index contributed by atoms with van der Waals surface area (Å²) in [6, 6.07) is 11.6. The molecule has 0 unspecified atom stereocenters. The van der Waals surface area contributed by atoms with Crippen LogP contribution in [0.4, 0.5) is 0 Å². The molecule has 0 bridgehead atoms. The normalized spacial score (nSPS) is 10.8. The Morgan fingerprint density at radius 2 is 1.96 bits per heavy atom. The predicted molar refractivity (Wildman–Crippen MR) is 97.5 cm³/mol. The molecule has 138 valence electrons. The van der Waals surface area contributed by atoms with Gasteiger partial charge in [0, 0.05) is 5.92 Å². The van der Waals surface area contributed by atoms with E-state index >= 15 is 0 Å². The smallest absolute Gasteiger partial charge is 0.344 e. The standard InChI is InChI=1S/C20H20N4O3/c1-12(2)19-18(14(4)23-27-19)20(25)26-11-17-16(10-21)13(3)22-24(17)15-8-6-5-7-9-15/h5-9,12H,11H2,1-4H3. The summed E-state index contributed by atoms with van der Waals surface area (Å²) >= 11 is 0. The number of aryl methyl sites for hydroxylation is 2. The summed E-state index contributed by atoms with van der Waals surface area (Å²) in [5.74, 6) is -0.0360. The Morgan fingerprint density at radius 3 is 2.59 bits per heavy atom. The van der Waals surface area contributed by atoms with Gasteiger partial charge in [-0.05, 0) is 26.0 Å². The van der Waals surface area contributed by atoms with Crippen LogP contribution in [0, 0.1) is 25.2 Å². The molecule has 0 saturated heterocycles. The van der Waals surface area contributed by atoms with Crippen LogP contribution in [-0.2, 0) is 11.3 Å². The van der Waals surface area contributed by atoms with Crippen LogP contribution in [0.25, 0.3) is 5.69 Å². The topological polar surface area (TPSA) is 93.9 Å². The van der Waals surface area contributed by atoms with Crippen molar-refractivity contribution < 1.29 is 14.1 Å². The number of hydrogen-bond donors (Lipinski definition) is 0. The van der Waals surface area contributed by atoms with Gasteiger partial charge in [-0.25, -0.2) is 9.48 Å². The van der Waals surface area contributed by atoms with E-state index in [1.54, 1.807) is 18.5 Å². The Hall–Kier alpha value is -3.40. The van der Waals surface area contributed by atoms with Crippen LogP contribution in [0.5, 0.6) is 0 Å². The maximum atomic E-state index is 12.6. The molecule has 2 heterocycles. The zero-order valence-corrected chi connectivity index (χ0v) is 15.7. The Bertz CT molecular complexity index is 1010. The van der Waals surface area contributed by atoms with E-state index in [0.29, 0.717) is 34.0 Å². The summed E-state index contributed by atoms with van der Waals surface area (Å²) in [4.78, 5) is 12.6. The largest absolute Gasteiger partial charge is 0.455 e.